The summed E-state index contributed by atoms with van der Waals surface area (Å²) in [7, 11) is 0. The maximum Gasteiger partial charge on any atom is 0.346 e. The molecule has 36 heavy (non-hydrogen) atoms. The molecular formula is C29H29NO6. The first kappa shape index (κ1) is 25.0. The number of carbonyl (C=O) groups excluding carboxylic acids is 2. The van der Waals surface area contributed by atoms with Gasteiger partial charge in [0.1, 0.15) is 24.7 Å². The highest BCUT2D eigenvalue weighted by atomic mass is 16.6. The summed E-state index contributed by atoms with van der Waals surface area (Å²) >= 11 is 0. The minimum Gasteiger partial charge on any atom is -0.489 e. The normalized spacial score (nSPS) is 13.4. The van der Waals surface area contributed by atoms with E-state index in [9.17, 15) is 9.59 Å². The second kappa shape index (κ2) is 11.5. The molecule has 186 valence electrons. The van der Waals surface area contributed by atoms with Crippen LogP contribution in [0, 0.1) is 0 Å². The van der Waals surface area contributed by atoms with Crippen molar-refractivity contribution in [3.8, 4) is 11.5 Å². The van der Waals surface area contributed by atoms with Crippen LogP contribution in [0.15, 0.2) is 77.8 Å². The zero-order valence-corrected chi connectivity index (χ0v) is 20.4. The van der Waals surface area contributed by atoms with Gasteiger partial charge in [-0.1, -0.05) is 60.7 Å². The van der Waals surface area contributed by atoms with Gasteiger partial charge in [0.05, 0.1) is 13.2 Å². The van der Waals surface area contributed by atoms with Crippen LogP contribution in [0.4, 0.5) is 0 Å². The Kier molecular flexibility index (Phi) is 8.00. The molecule has 0 unspecified atom stereocenters. The molecular weight excluding hydrogens is 458 g/mol. The fourth-order valence-corrected chi connectivity index (χ4v) is 3.96. The molecule has 7 heteroatoms. The predicted octanol–water partition coefficient (Wildman–Crippen LogP) is 4.68. The topological polar surface area (TPSA) is 83.4 Å². The van der Waals surface area contributed by atoms with Crippen molar-refractivity contribution in [3.05, 3.63) is 95.1 Å². The van der Waals surface area contributed by atoms with Crippen molar-refractivity contribution in [3.63, 3.8) is 0 Å². The number of carbonyl (C=O) groups is 2. The molecule has 0 fully saturated rings. The Balaban J connectivity index is 1.69. The smallest absolute Gasteiger partial charge is 0.346 e. The molecule has 0 amide bonds. The van der Waals surface area contributed by atoms with Crippen molar-refractivity contribution in [2.24, 2.45) is 4.99 Å². The molecule has 0 saturated carbocycles. The van der Waals surface area contributed by atoms with Crippen LogP contribution in [-0.2, 0) is 38.7 Å². The van der Waals surface area contributed by atoms with Crippen molar-refractivity contribution in [1.82, 2.24) is 0 Å². The number of ether oxygens (including phenoxy) is 4. The molecule has 3 aromatic rings. The Bertz CT molecular complexity index is 1210. The van der Waals surface area contributed by atoms with Gasteiger partial charge in [-0.25, -0.2) is 9.59 Å². The first-order chi connectivity index (χ1) is 17.6. The largest absolute Gasteiger partial charge is 0.489 e. The summed E-state index contributed by atoms with van der Waals surface area (Å²) in [6.07, 6.45) is 1.47. The Hall–Kier alpha value is -4.13. The molecule has 7 nitrogen and oxygen atoms in total. The van der Waals surface area contributed by atoms with Gasteiger partial charge in [0.15, 0.2) is 0 Å². The molecule has 0 spiro atoms. The monoisotopic (exact) mass is 487 g/mol. The van der Waals surface area contributed by atoms with Gasteiger partial charge in [-0.15, -0.1) is 0 Å². The van der Waals surface area contributed by atoms with E-state index in [1.807, 2.05) is 66.7 Å². The van der Waals surface area contributed by atoms with E-state index >= 15 is 0 Å². The molecule has 0 radical (unpaired) electrons. The van der Waals surface area contributed by atoms with Crippen LogP contribution in [0.5, 0.6) is 11.5 Å². The average molecular weight is 488 g/mol. The zero-order chi connectivity index (χ0) is 25.4. The average Bonchev–Trinajstić information content (AvgIpc) is 2.91. The van der Waals surface area contributed by atoms with E-state index in [1.165, 1.54) is 6.21 Å². The number of esters is 2. The molecule has 4 rings (SSSR count). The van der Waals surface area contributed by atoms with Crippen molar-refractivity contribution in [2.45, 2.75) is 39.0 Å². The highest BCUT2D eigenvalue weighted by molar-refractivity contribution is 6.09. The van der Waals surface area contributed by atoms with Crippen LogP contribution in [0.1, 0.15) is 36.1 Å². The van der Waals surface area contributed by atoms with Gasteiger partial charge in [-0.2, -0.15) is 0 Å². The van der Waals surface area contributed by atoms with Gasteiger partial charge < -0.3 is 18.9 Å². The molecule has 3 aromatic carbocycles. The molecule has 0 aliphatic carbocycles. The summed E-state index contributed by atoms with van der Waals surface area (Å²) in [6.45, 7) is 4.30. The van der Waals surface area contributed by atoms with Crippen LogP contribution in [-0.4, -0.2) is 36.9 Å². The Morgan fingerprint density at radius 2 is 1.36 bits per heavy atom. The first-order valence-electron chi connectivity index (χ1n) is 12.0. The summed E-state index contributed by atoms with van der Waals surface area (Å²) in [5.74, 6) is -0.387. The van der Waals surface area contributed by atoms with Crippen LogP contribution >= 0.6 is 0 Å². The predicted molar refractivity (Wildman–Crippen MR) is 135 cm³/mol. The highest BCUT2D eigenvalue weighted by Crippen LogP contribution is 2.36. The summed E-state index contributed by atoms with van der Waals surface area (Å²) in [4.78, 5) is 30.3. The minimum absolute atomic E-state index is 0.0270. The summed E-state index contributed by atoms with van der Waals surface area (Å²) in [5, 5.41) is 0. The maximum absolute atomic E-state index is 12.9. The lowest BCUT2D eigenvalue weighted by Gasteiger charge is -2.29. The lowest BCUT2D eigenvalue weighted by molar-refractivity contribution is -0.163. The van der Waals surface area contributed by atoms with Crippen LogP contribution in [0.3, 0.4) is 0 Å². The maximum atomic E-state index is 12.9. The van der Waals surface area contributed by atoms with Gasteiger partial charge >= 0.3 is 11.9 Å². The molecule has 1 aliphatic heterocycles. The molecule has 0 aromatic heterocycles. The number of aliphatic imine (C=N–C) groups is 1. The highest BCUT2D eigenvalue weighted by Gasteiger charge is 2.51. The fraction of sp³-hybridized carbons (Fsp3) is 0.276. The van der Waals surface area contributed by atoms with E-state index in [4.69, 9.17) is 18.9 Å². The number of rotatable bonds is 10. The van der Waals surface area contributed by atoms with E-state index < -0.39 is 17.5 Å². The summed E-state index contributed by atoms with van der Waals surface area (Å²) < 4.78 is 22.7. The Morgan fingerprint density at radius 3 is 1.92 bits per heavy atom. The third kappa shape index (κ3) is 5.57. The SMILES string of the molecule is CCOC(=O)C1(C(=O)OCC)Cc2cc(OCc3ccccc3)cc(OCc3ccccc3)c2C=N1. The number of nitrogens with zero attached hydrogens (tertiary/aromatic N) is 1. The van der Waals surface area contributed by atoms with E-state index in [0.29, 0.717) is 35.8 Å². The lowest BCUT2D eigenvalue weighted by atomic mass is 9.86. The lowest BCUT2D eigenvalue weighted by Crippen LogP contribution is -2.50. The zero-order valence-electron chi connectivity index (χ0n) is 20.4. The van der Waals surface area contributed by atoms with Crippen molar-refractivity contribution in [2.75, 3.05) is 13.2 Å². The second-order valence-electron chi connectivity index (χ2n) is 8.28. The minimum atomic E-state index is -1.81. The molecule has 0 saturated heterocycles. The summed E-state index contributed by atoms with van der Waals surface area (Å²) in [5.41, 5.74) is 1.56. The van der Waals surface area contributed by atoms with Gasteiger partial charge in [-0.3, -0.25) is 4.99 Å². The van der Waals surface area contributed by atoms with Gasteiger partial charge in [0.25, 0.3) is 5.54 Å². The first-order valence-corrected chi connectivity index (χ1v) is 12.0. The number of hydrogen-bond donors (Lipinski definition) is 0. The quantitative estimate of drug-likeness (QED) is 0.305. The number of fused-ring (bicyclic) bond motifs is 1. The molecule has 0 N–H and O–H groups in total. The van der Waals surface area contributed by atoms with Crippen LogP contribution in [0.25, 0.3) is 0 Å². The van der Waals surface area contributed by atoms with E-state index in [0.717, 1.165) is 11.1 Å². The van der Waals surface area contributed by atoms with E-state index in [-0.39, 0.29) is 19.6 Å². The number of benzene rings is 3. The van der Waals surface area contributed by atoms with Crippen molar-refractivity contribution >= 4 is 18.2 Å². The second-order valence-corrected chi connectivity index (χ2v) is 8.28. The molecule has 1 aliphatic rings. The van der Waals surface area contributed by atoms with Crippen LogP contribution in [0.2, 0.25) is 0 Å². The molecule has 1 heterocycles. The van der Waals surface area contributed by atoms with Gasteiger partial charge in [-0.05, 0) is 36.6 Å². The standard InChI is InChI=1S/C29H29NO6/c1-3-33-27(31)29(28(32)34-4-2)17-23-15-24(35-19-21-11-7-5-8-12-21)16-26(25(23)18-30-29)36-20-22-13-9-6-10-14-22/h5-16,18H,3-4,17,19-20H2,1-2H3. The van der Waals surface area contributed by atoms with Gasteiger partial charge in [0.2, 0.25) is 0 Å². The molecule has 0 bridgehead atoms. The van der Waals surface area contributed by atoms with Gasteiger partial charge in [0, 0.05) is 24.3 Å². The fourth-order valence-electron chi connectivity index (χ4n) is 3.96. The Labute approximate surface area is 210 Å². The Morgan fingerprint density at radius 1 is 0.806 bits per heavy atom. The number of hydrogen-bond acceptors (Lipinski definition) is 7. The van der Waals surface area contributed by atoms with Crippen LogP contribution < -0.4 is 9.47 Å². The third-order valence-electron chi connectivity index (χ3n) is 5.77. The summed E-state index contributed by atoms with van der Waals surface area (Å²) in [6, 6.07) is 23.2. The van der Waals surface area contributed by atoms with Crippen molar-refractivity contribution < 1.29 is 28.5 Å². The van der Waals surface area contributed by atoms with E-state index in [1.54, 1.807) is 19.9 Å². The van der Waals surface area contributed by atoms with Crippen molar-refractivity contribution in [1.29, 1.82) is 0 Å². The third-order valence-corrected chi connectivity index (χ3v) is 5.77. The van der Waals surface area contributed by atoms with E-state index in [2.05, 4.69) is 4.99 Å². The molecule has 0 atom stereocenters.